The minimum absolute atomic E-state index is 0.139. The molecule has 0 atom stereocenters. The van der Waals surface area contributed by atoms with E-state index in [9.17, 15) is 0 Å². The average molecular weight is 186 g/mol. The summed E-state index contributed by atoms with van der Waals surface area (Å²) in [6.07, 6.45) is 1.30. The topological polar surface area (TPSA) is 157 Å². The third-order valence-electron chi connectivity index (χ3n) is 0.724. The lowest BCUT2D eigenvalue weighted by Crippen LogP contribution is -2.24. The molecule has 72 valence electrons. The molecule has 0 saturated carbocycles. The molecule has 0 aromatic rings. The van der Waals surface area contributed by atoms with Crippen LogP contribution < -0.4 is 23.2 Å². The van der Waals surface area contributed by atoms with E-state index < -0.39 is 0 Å². The summed E-state index contributed by atoms with van der Waals surface area (Å²) < 4.78 is 0. The highest BCUT2D eigenvalue weighted by molar-refractivity contribution is 6.29. The Morgan fingerprint density at radius 3 is 2.31 bits per heavy atom. The average Bonchev–Trinajstić information content (AvgIpc) is 2.00. The molecule has 0 heterocycles. The summed E-state index contributed by atoms with van der Waals surface area (Å²) >= 11 is 0. The van der Waals surface area contributed by atoms with Crippen LogP contribution in [0.1, 0.15) is 6.92 Å². The molecule has 0 saturated heterocycles. The van der Waals surface area contributed by atoms with Gasteiger partial charge in [-0.2, -0.15) is 5.10 Å². The first-order valence-corrected chi connectivity index (χ1v) is 3.19. The van der Waals surface area contributed by atoms with Gasteiger partial charge in [0, 0.05) is 11.8 Å². The van der Waals surface area contributed by atoms with Gasteiger partial charge in [0.25, 0.3) is 0 Å². The number of hydrogen-bond acceptors (Lipinski definition) is 3. The van der Waals surface area contributed by atoms with Crippen molar-refractivity contribution in [3.05, 3.63) is 0 Å². The minimum Gasteiger partial charge on any atom is -0.369 e. The van der Waals surface area contributed by atoms with Gasteiger partial charge in [0.2, 0.25) is 5.96 Å². The molecule has 0 fully saturated rings. The molecule has 0 aliphatic rings. The summed E-state index contributed by atoms with van der Waals surface area (Å²) in [6.45, 7) is 1.62. The van der Waals surface area contributed by atoms with Gasteiger partial charge in [-0.3, -0.25) is 0 Å². The monoisotopic (exact) mass is 186 g/mol. The third kappa shape index (κ3) is 7.71. The van der Waals surface area contributed by atoms with Crippen LogP contribution in [0, 0.1) is 0 Å². The van der Waals surface area contributed by atoms with Crippen molar-refractivity contribution in [2.24, 2.45) is 43.7 Å². The van der Waals surface area contributed by atoms with Crippen LogP contribution in [0.2, 0.25) is 0 Å². The van der Waals surface area contributed by atoms with Crippen molar-refractivity contribution in [2.75, 3.05) is 0 Å². The van der Waals surface area contributed by atoms with Crippen LogP contribution in [0.3, 0.4) is 0 Å². The minimum atomic E-state index is -0.139. The summed E-state index contributed by atoms with van der Waals surface area (Å²) in [5.74, 6) is 9.75. The van der Waals surface area contributed by atoms with E-state index in [-0.39, 0.29) is 5.96 Å². The Kier molecular flexibility index (Phi) is 4.54. The Labute approximate surface area is 74.4 Å². The molecule has 0 bridgehead atoms. The largest absolute Gasteiger partial charge is 0.369 e. The van der Waals surface area contributed by atoms with Crippen molar-refractivity contribution in [2.45, 2.75) is 6.92 Å². The zero-order valence-electron chi connectivity index (χ0n) is 7.12. The molecule has 0 radical (unpaired) electrons. The van der Waals surface area contributed by atoms with Crippen LogP contribution in [-0.2, 0) is 0 Å². The molecule has 0 spiro atoms. The van der Waals surface area contributed by atoms with Crippen molar-refractivity contribution < 1.29 is 4.92 Å². The summed E-state index contributed by atoms with van der Waals surface area (Å²) in [4.78, 5) is 0.567. The quantitative estimate of drug-likeness (QED) is 0.0987. The van der Waals surface area contributed by atoms with Crippen LogP contribution in [0.15, 0.2) is 20.5 Å². The molecule has 13 heavy (non-hydrogen) atoms. The molecule has 0 aromatic carbocycles. The Morgan fingerprint density at radius 1 is 1.23 bits per heavy atom. The Hall–Kier alpha value is -2.19. The standard InChI is InChI=1S/C4H11N9/c1-3(10-12-13(7)8)2-9-11-4(5)6/h2H,7-8H2,1H3,(H3,5,6)/p+1. The first-order valence-electron chi connectivity index (χ1n) is 3.19. The fourth-order valence-corrected chi connectivity index (χ4v) is 0.327. The van der Waals surface area contributed by atoms with E-state index in [0.29, 0.717) is 10.6 Å². The smallest absolute Gasteiger partial charge is 0.211 e. The maximum Gasteiger partial charge on any atom is 0.211 e. The second kappa shape index (κ2) is 5.46. The highest BCUT2D eigenvalue weighted by Crippen LogP contribution is 1.76. The number of rotatable bonds is 3. The summed E-state index contributed by atoms with van der Waals surface area (Å²) in [7, 11) is 0. The van der Waals surface area contributed by atoms with Gasteiger partial charge in [0.15, 0.2) is 10.9 Å². The Morgan fingerprint density at radius 2 is 1.85 bits per heavy atom. The van der Waals surface area contributed by atoms with E-state index in [0.717, 1.165) is 0 Å². The van der Waals surface area contributed by atoms with Crippen LogP contribution in [-0.4, -0.2) is 22.8 Å². The van der Waals surface area contributed by atoms with Gasteiger partial charge in [-0.05, 0) is 0 Å². The zero-order valence-corrected chi connectivity index (χ0v) is 7.12. The summed E-state index contributed by atoms with van der Waals surface area (Å²) in [5.41, 5.74) is 10.5. The van der Waals surface area contributed by atoms with Crippen molar-refractivity contribution >= 4 is 17.9 Å². The molecular weight excluding hydrogens is 174 g/mol. The molecule has 0 aromatic heterocycles. The second-order valence-electron chi connectivity index (χ2n) is 1.98. The molecule has 0 amide bonds. The molecular formula is C4H12N9+. The third-order valence-corrected chi connectivity index (χ3v) is 0.724. The maximum atomic E-state index is 5.00. The lowest BCUT2D eigenvalue weighted by molar-refractivity contribution is -0.618. The first-order chi connectivity index (χ1) is 6.02. The van der Waals surface area contributed by atoms with Gasteiger partial charge < -0.3 is 11.5 Å². The molecule has 9 heteroatoms. The SMILES string of the molecule is CC(C=NN=C(N)N)=NN=[N+](N)N. The molecule has 0 rings (SSSR count). The van der Waals surface area contributed by atoms with Crippen molar-refractivity contribution in [3.63, 3.8) is 0 Å². The summed E-state index contributed by atoms with van der Waals surface area (Å²) in [6, 6.07) is 0. The molecule has 0 aliphatic heterocycles. The van der Waals surface area contributed by atoms with Crippen molar-refractivity contribution in [3.8, 4) is 0 Å². The van der Waals surface area contributed by atoms with Gasteiger partial charge in [-0.15, -0.1) is 5.10 Å². The van der Waals surface area contributed by atoms with Gasteiger partial charge in [-0.1, -0.05) is 0 Å². The summed E-state index contributed by atoms with van der Waals surface area (Å²) in [5, 5.41) is 13.6. The van der Waals surface area contributed by atoms with E-state index in [1.54, 1.807) is 6.92 Å². The van der Waals surface area contributed by atoms with Gasteiger partial charge in [-0.25, -0.2) is 11.7 Å². The predicted molar refractivity (Wildman–Crippen MR) is 48.5 cm³/mol. The molecule has 0 aliphatic carbocycles. The number of hydrazine groups is 2. The lowest BCUT2D eigenvalue weighted by atomic mass is 10.5. The normalized spacial score (nSPS) is 11.3. The Bertz CT molecular complexity index is 263. The van der Waals surface area contributed by atoms with Gasteiger partial charge in [0.05, 0.1) is 11.3 Å². The number of guanidine groups is 1. The molecule has 8 N–H and O–H groups in total. The van der Waals surface area contributed by atoms with E-state index in [4.69, 9.17) is 23.2 Å². The predicted octanol–water partition coefficient (Wildman–Crippen LogP) is -2.17. The van der Waals surface area contributed by atoms with E-state index >= 15 is 0 Å². The lowest BCUT2D eigenvalue weighted by Gasteiger charge is -1.81. The van der Waals surface area contributed by atoms with Crippen molar-refractivity contribution in [1.29, 1.82) is 0 Å². The van der Waals surface area contributed by atoms with E-state index in [1.165, 1.54) is 6.21 Å². The van der Waals surface area contributed by atoms with Crippen LogP contribution >= 0.6 is 0 Å². The molecule has 0 unspecified atom stereocenters. The van der Waals surface area contributed by atoms with Gasteiger partial charge >= 0.3 is 0 Å². The number of nitrogens with zero attached hydrogens (tertiary/aromatic N) is 5. The number of hydrogen-bond donors (Lipinski definition) is 4. The fraction of sp³-hybridized carbons (Fsp3) is 0.250. The van der Waals surface area contributed by atoms with Crippen LogP contribution in [0.25, 0.3) is 0 Å². The van der Waals surface area contributed by atoms with Crippen LogP contribution in [0.4, 0.5) is 0 Å². The second-order valence-corrected chi connectivity index (χ2v) is 1.98. The van der Waals surface area contributed by atoms with Crippen LogP contribution in [0.5, 0.6) is 0 Å². The fourth-order valence-electron chi connectivity index (χ4n) is 0.327. The highest BCUT2D eigenvalue weighted by Gasteiger charge is 1.92. The maximum absolute atomic E-state index is 5.00. The zero-order chi connectivity index (χ0) is 10.3. The van der Waals surface area contributed by atoms with E-state index in [2.05, 4.69) is 20.5 Å². The van der Waals surface area contributed by atoms with Gasteiger partial charge in [0.1, 0.15) is 0 Å². The van der Waals surface area contributed by atoms with Crippen molar-refractivity contribution in [1.82, 2.24) is 0 Å². The highest BCUT2D eigenvalue weighted by atomic mass is 15.7. The number of nitrogens with two attached hydrogens (primary N) is 4. The first kappa shape index (κ1) is 10.8. The van der Waals surface area contributed by atoms with E-state index in [1.807, 2.05) is 0 Å². The molecule has 9 nitrogen and oxygen atoms in total. The Balaban J connectivity index is 4.22.